The molecule has 150 valence electrons. The normalized spacial score (nSPS) is 15.1. The molecule has 0 bridgehead atoms. The Kier molecular flexibility index (Phi) is 6.14. The summed E-state index contributed by atoms with van der Waals surface area (Å²) in [5.41, 5.74) is 3.01. The van der Waals surface area contributed by atoms with Crippen LogP contribution < -0.4 is 10.2 Å². The number of hydrogen-bond acceptors (Lipinski definition) is 5. The monoisotopic (exact) mass is 407 g/mol. The van der Waals surface area contributed by atoms with E-state index in [1.165, 1.54) is 36.7 Å². The van der Waals surface area contributed by atoms with E-state index in [2.05, 4.69) is 32.5 Å². The molecular formula is C22H25N5OS. The molecule has 1 aliphatic rings. The Morgan fingerprint density at radius 1 is 1.00 bits per heavy atom. The van der Waals surface area contributed by atoms with Crippen LogP contribution in [-0.2, 0) is 4.79 Å². The van der Waals surface area contributed by atoms with E-state index in [1.54, 1.807) is 6.33 Å². The van der Waals surface area contributed by atoms with Gasteiger partial charge in [-0.15, -0.1) is 10.2 Å². The lowest BCUT2D eigenvalue weighted by Crippen LogP contribution is -2.29. The van der Waals surface area contributed by atoms with Crippen molar-refractivity contribution in [1.82, 2.24) is 14.8 Å². The van der Waals surface area contributed by atoms with Gasteiger partial charge in [-0.2, -0.15) is 0 Å². The van der Waals surface area contributed by atoms with Crippen molar-refractivity contribution in [2.75, 3.05) is 23.3 Å². The quantitative estimate of drug-likeness (QED) is 0.615. The summed E-state index contributed by atoms with van der Waals surface area (Å²) in [6.45, 7) is 4.11. The molecule has 0 saturated carbocycles. The lowest BCUT2D eigenvalue weighted by Gasteiger charge is -2.28. The lowest BCUT2D eigenvalue weighted by molar-refractivity contribution is -0.115. The summed E-state index contributed by atoms with van der Waals surface area (Å²) in [6.07, 6.45) is 5.49. The minimum absolute atomic E-state index is 0.0525. The predicted molar refractivity (Wildman–Crippen MR) is 118 cm³/mol. The van der Waals surface area contributed by atoms with Crippen molar-refractivity contribution in [2.24, 2.45) is 0 Å². The van der Waals surface area contributed by atoms with Gasteiger partial charge in [-0.3, -0.25) is 9.36 Å². The number of carbonyl (C=O) groups is 1. The molecule has 0 unspecified atom stereocenters. The number of thioether (sulfide) groups is 1. The number of hydrogen-bond donors (Lipinski definition) is 1. The van der Waals surface area contributed by atoms with E-state index in [1.807, 2.05) is 54.0 Å². The summed E-state index contributed by atoms with van der Waals surface area (Å²) in [4.78, 5) is 15.1. The van der Waals surface area contributed by atoms with Gasteiger partial charge in [0, 0.05) is 30.2 Å². The molecule has 0 aliphatic carbocycles. The molecule has 2 aromatic carbocycles. The SMILES string of the molecule is C[C@@H](Sc1nncn1-c1ccccc1)C(=O)Nc1ccc(N2CCCCC2)cc1. The largest absolute Gasteiger partial charge is 0.372 e. The molecule has 1 fully saturated rings. The maximum atomic E-state index is 12.7. The van der Waals surface area contributed by atoms with Gasteiger partial charge < -0.3 is 10.2 Å². The molecule has 3 aromatic rings. The highest BCUT2D eigenvalue weighted by atomic mass is 32.2. The number of anilines is 2. The number of para-hydroxylation sites is 1. The average Bonchev–Trinajstić information content (AvgIpc) is 3.23. The number of aromatic nitrogens is 3. The summed E-state index contributed by atoms with van der Waals surface area (Å²) < 4.78 is 1.89. The Bertz CT molecular complexity index is 935. The third-order valence-corrected chi connectivity index (χ3v) is 6.12. The summed E-state index contributed by atoms with van der Waals surface area (Å²) >= 11 is 1.39. The maximum Gasteiger partial charge on any atom is 0.237 e. The van der Waals surface area contributed by atoms with Crippen molar-refractivity contribution >= 4 is 29.0 Å². The smallest absolute Gasteiger partial charge is 0.237 e. The molecular weight excluding hydrogens is 382 g/mol. The molecule has 1 aliphatic heterocycles. The van der Waals surface area contributed by atoms with Gasteiger partial charge in [-0.05, 0) is 62.6 Å². The van der Waals surface area contributed by atoms with Crippen LogP contribution in [-0.4, -0.2) is 39.0 Å². The fourth-order valence-electron chi connectivity index (χ4n) is 3.43. The molecule has 29 heavy (non-hydrogen) atoms. The molecule has 4 rings (SSSR count). The van der Waals surface area contributed by atoms with Gasteiger partial charge in [0.25, 0.3) is 0 Å². The summed E-state index contributed by atoms with van der Waals surface area (Å²) in [5.74, 6) is -0.0525. The third kappa shape index (κ3) is 4.79. The lowest BCUT2D eigenvalue weighted by atomic mass is 10.1. The first-order valence-electron chi connectivity index (χ1n) is 9.99. The van der Waals surface area contributed by atoms with Crippen LogP contribution in [0.2, 0.25) is 0 Å². The summed E-state index contributed by atoms with van der Waals surface area (Å²) in [6, 6.07) is 18.0. The number of nitrogens with zero attached hydrogens (tertiary/aromatic N) is 4. The predicted octanol–water partition coefficient (Wildman–Crippen LogP) is 4.38. The Morgan fingerprint density at radius 3 is 2.45 bits per heavy atom. The number of carbonyl (C=O) groups excluding carboxylic acids is 1. The Labute approximate surface area is 175 Å². The van der Waals surface area contributed by atoms with Crippen LogP contribution in [0.3, 0.4) is 0 Å². The second-order valence-corrected chi connectivity index (χ2v) is 8.47. The molecule has 2 heterocycles. The first-order valence-corrected chi connectivity index (χ1v) is 10.9. The van der Waals surface area contributed by atoms with Crippen molar-refractivity contribution in [3.05, 3.63) is 60.9 Å². The molecule has 6 nitrogen and oxygen atoms in total. The minimum atomic E-state index is -0.302. The zero-order chi connectivity index (χ0) is 20.1. The standard InChI is InChI=1S/C22H25N5OS/c1-17(29-22-25-23-16-27(22)20-8-4-2-5-9-20)21(28)24-18-10-12-19(13-11-18)26-14-6-3-7-15-26/h2,4-5,8-13,16-17H,3,6-7,14-15H2,1H3,(H,24,28)/t17-/m1/s1. The van der Waals surface area contributed by atoms with Crippen LogP contribution in [0.5, 0.6) is 0 Å². The van der Waals surface area contributed by atoms with Crippen LogP contribution >= 0.6 is 11.8 Å². The summed E-state index contributed by atoms with van der Waals surface area (Å²) in [5, 5.41) is 11.6. The van der Waals surface area contributed by atoms with E-state index in [0.717, 1.165) is 24.5 Å². The van der Waals surface area contributed by atoms with E-state index < -0.39 is 0 Å². The average molecular weight is 408 g/mol. The summed E-state index contributed by atoms with van der Waals surface area (Å²) in [7, 11) is 0. The van der Waals surface area contributed by atoms with Crippen LogP contribution in [0, 0.1) is 0 Å². The second kappa shape index (κ2) is 9.13. The van der Waals surface area contributed by atoms with Crippen molar-refractivity contribution in [3.8, 4) is 5.69 Å². The fourth-order valence-corrected chi connectivity index (χ4v) is 4.28. The van der Waals surface area contributed by atoms with Gasteiger partial charge >= 0.3 is 0 Å². The topological polar surface area (TPSA) is 63.1 Å². The highest BCUT2D eigenvalue weighted by Crippen LogP contribution is 2.26. The molecule has 1 aromatic heterocycles. The van der Waals surface area contributed by atoms with Gasteiger partial charge in [-0.1, -0.05) is 30.0 Å². The van der Waals surface area contributed by atoms with Crippen LogP contribution in [0.25, 0.3) is 5.69 Å². The number of rotatable bonds is 6. The Morgan fingerprint density at radius 2 is 1.72 bits per heavy atom. The zero-order valence-corrected chi connectivity index (χ0v) is 17.3. The van der Waals surface area contributed by atoms with E-state index in [0.29, 0.717) is 5.16 Å². The van der Waals surface area contributed by atoms with Gasteiger partial charge in [0.15, 0.2) is 5.16 Å². The number of benzene rings is 2. The number of piperidine rings is 1. The maximum absolute atomic E-state index is 12.7. The molecule has 1 amide bonds. The minimum Gasteiger partial charge on any atom is -0.372 e. The van der Waals surface area contributed by atoms with Crippen LogP contribution in [0.1, 0.15) is 26.2 Å². The number of nitrogens with one attached hydrogen (secondary N) is 1. The molecule has 1 saturated heterocycles. The molecule has 1 atom stereocenters. The van der Waals surface area contributed by atoms with Crippen LogP contribution in [0.4, 0.5) is 11.4 Å². The molecule has 1 N–H and O–H groups in total. The molecule has 7 heteroatoms. The van der Waals surface area contributed by atoms with Crippen LogP contribution in [0.15, 0.2) is 66.1 Å². The highest BCUT2D eigenvalue weighted by molar-refractivity contribution is 8.00. The Balaban J connectivity index is 1.37. The number of amides is 1. The third-order valence-electron chi connectivity index (χ3n) is 5.06. The van der Waals surface area contributed by atoms with E-state index in [-0.39, 0.29) is 11.2 Å². The zero-order valence-electron chi connectivity index (χ0n) is 16.5. The van der Waals surface area contributed by atoms with E-state index in [4.69, 9.17) is 0 Å². The second-order valence-electron chi connectivity index (χ2n) is 7.16. The van der Waals surface area contributed by atoms with E-state index >= 15 is 0 Å². The van der Waals surface area contributed by atoms with Gasteiger partial charge in [0.2, 0.25) is 5.91 Å². The fraction of sp³-hybridized carbons (Fsp3) is 0.318. The first kappa shape index (κ1) is 19.5. The first-order chi connectivity index (χ1) is 14.2. The molecule has 0 radical (unpaired) electrons. The van der Waals surface area contributed by atoms with Crippen molar-refractivity contribution in [3.63, 3.8) is 0 Å². The Hall–Kier alpha value is -2.80. The van der Waals surface area contributed by atoms with Gasteiger partial charge in [0.1, 0.15) is 6.33 Å². The van der Waals surface area contributed by atoms with Crippen molar-refractivity contribution in [2.45, 2.75) is 36.6 Å². The van der Waals surface area contributed by atoms with Gasteiger partial charge in [-0.25, -0.2) is 0 Å². The van der Waals surface area contributed by atoms with Crippen molar-refractivity contribution < 1.29 is 4.79 Å². The van der Waals surface area contributed by atoms with E-state index in [9.17, 15) is 4.79 Å². The van der Waals surface area contributed by atoms with Crippen molar-refractivity contribution in [1.29, 1.82) is 0 Å². The van der Waals surface area contributed by atoms with Gasteiger partial charge in [0.05, 0.1) is 5.25 Å². The highest BCUT2D eigenvalue weighted by Gasteiger charge is 2.19. The molecule has 0 spiro atoms.